The van der Waals surface area contributed by atoms with Crippen LogP contribution in [0.3, 0.4) is 0 Å². The maximum atomic E-state index is 12.6. The van der Waals surface area contributed by atoms with E-state index in [2.05, 4.69) is 31.4 Å². The number of nitrogens with one attached hydrogen (secondary N) is 1. The average molecular weight is 417 g/mol. The van der Waals surface area contributed by atoms with E-state index < -0.39 is 0 Å². The first-order valence-electron chi connectivity index (χ1n) is 9.82. The number of halogens is 1. The Balaban J connectivity index is 1.34. The summed E-state index contributed by atoms with van der Waals surface area (Å²) in [4.78, 5) is 18.8. The van der Waals surface area contributed by atoms with E-state index in [-0.39, 0.29) is 6.03 Å². The predicted octanol–water partition coefficient (Wildman–Crippen LogP) is 2.63. The second-order valence-electron chi connectivity index (χ2n) is 7.24. The Hall–Kier alpha value is -2.58. The molecular formula is C20H25ClN6O2. The fourth-order valence-electron chi connectivity index (χ4n) is 3.51. The zero-order valence-corrected chi connectivity index (χ0v) is 17.2. The van der Waals surface area contributed by atoms with E-state index >= 15 is 0 Å². The number of morpholine rings is 1. The largest absolute Gasteiger partial charge is 0.378 e. The molecule has 2 fully saturated rings. The van der Waals surface area contributed by atoms with Gasteiger partial charge in [0.15, 0.2) is 5.82 Å². The number of carbonyl (C=O) groups is 1. The summed E-state index contributed by atoms with van der Waals surface area (Å²) >= 11 is 6.15. The molecule has 0 saturated carbocycles. The highest BCUT2D eigenvalue weighted by molar-refractivity contribution is 6.31. The quantitative estimate of drug-likeness (QED) is 0.829. The number of amides is 2. The summed E-state index contributed by atoms with van der Waals surface area (Å²) in [5.74, 6) is 0.877. The van der Waals surface area contributed by atoms with Crippen LogP contribution in [-0.2, 0) is 4.74 Å². The molecule has 8 nitrogen and oxygen atoms in total. The lowest BCUT2D eigenvalue weighted by Gasteiger charge is -2.36. The van der Waals surface area contributed by atoms with Crippen molar-refractivity contribution in [3.8, 4) is 0 Å². The van der Waals surface area contributed by atoms with Gasteiger partial charge in [-0.15, -0.1) is 5.10 Å². The fourth-order valence-corrected chi connectivity index (χ4v) is 3.69. The maximum Gasteiger partial charge on any atom is 0.321 e. The summed E-state index contributed by atoms with van der Waals surface area (Å²) in [5.41, 5.74) is 2.73. The number of urea groups is 1. The summed E-state index contributed by atoms with van der Waals surface area (Å²) in [6.07, 6.45) is 1.79. The molecule has 2 aliphatic heterocycles. The van der Waals surface area contributed by atoms with Gasteiger partial charge < -0.3 is 24.8 Å². The highest BCUT2D eigenvalue weighted by atomic mass is 35.5. The van der Waals surface area contributed by atoms with Crippen LogP contribution < -0.4 is 15.1 Å². The molecule has 2 aromatic rings. The Morgan fingerprint density at radius 1 is 1.07 bits per heavy atom. The Morgan fingerprint density at radius 3 is 2.55 bits per heavy atom. The van der Waals surface area contributed by atoms with E-state index in [0.717, 1.165) is 43.2 Å². The van der Waals surface area contributed by atoms with Gasteiger partial charge in [-0.05, 0) is 24.6 Å². The van der Waals surface area contributed by atoms with Crippen LogP contribution in [0.1, 0.15) is 5.56 Å². The van der Waals surface area contributed by atoms with Crippen molar-refractivity contribution in [2.24, 2.45) is 0 Å². The fraction of sp³-hybridized carbons (Fsp3) is 0.450. The molecule has 2 amide bonds. The van der Waals surface area contributed by atoms with Crippen molar-refractivity contribution in [2.45, 2.75) is 6.92 Å². The van der Waals surface area contributed by atoms with Gasteiger partial charge in [-0.1, -0.05) is 17.7 Å². The molecule has 2 aliphatic rings. The van der Waals surface area contributed by atoms with Crippen molar-refractivity contribution in [3.63, 3.8) is 0 Å². The van der Waals surface area contributed by atoms with Crippen LogP contribution in [-0.4, -0.2) is 73.6 Å². The van der Waals surface area contributed by atoms with Crippen LogP contribution in [0.5, 0.6) is 0 Å². The maximum absolute atomic E-state index is 12.6. The topological polar surface area (TPSA) is 73.8 Å². The average Bonchev–Trinajstić information content (AvgIpc) is 2.77. The third-order valence-corrected chi connectivity index (χ3v) is 5.72. The number of piperazine rings is 1. The first kappa shape index (κ1) is 19.7. The zero-order valence-electron chi connectivity index (χ0n) is 16.5. The second kappa shape index (κ2) is 8.84. The SMILES string of the molecule is Cc1ccc(NC(=O)N2CCN(c3cnnc(N4CCOCC4)c3)CC2)cc1Cl. The number of aryl methyl sites for hydroxylation is 1. The van der Waals surface area contributed by atoms with Gasteiger partial charge in [0.25, 0.3) is 0 Å². The van der Waals surface area contributed by atoms with Crippen LogP contribution >= 0.6 is 11.6 Å². The number of anilines is 3. The molecule has 1 aromatic heterocycles. The lowest BCUT2D eigenvalue weighted by Crippen LogP contribution is -2.50. The molecule has 0 unspecified atom stereocenters. The Bertz CT molecular complexity index is 866. The molecule has 0 spiro atoms. The Morgan fingerprint density at radius 2 is 1.83 bits per heavy atom. The number of nitrogens with zero attached hydrogens (tertiary/aromatic N) is 5. The van der Waals surface area contributed by atoms with E-state index in [1.165, 1.54) is 0 Å². The van der Waals surface area contributed by atoms with Gasteiger partial charge in [-0.3, -0.25) is 0 Å². The van der Waals surface area contributed by atoms with Crippen molar-refractivity contribution < 1.29 is 9.53 Å². The zero-order chi connectivity index (χ0) is 20.2. The molecule has 1 aromatic carbocycles. The lowest BCUT2D eigenvalue weighted by atomic mass is 10.2. The molecule has 3 heterocycles. The lowest BCUT2D eigenvalue weighted by molar-refractivity contribution is 0.122. The van der Waals surface area contributed by atoms with Gasteiger partial charge in [0.05, 0.1) is 25.1 Å². The third-order valence-electron chi connectivity index (χ3n) is 5.32. The highest BCUT2D eigenvalue weighted by Crippen LogP contribution is 2.22. The Labute approximate surface area is 175 Å². The van der Waals surface area contributed by atoms with Gasteiger partial charge in [0, 0.05) is 56.0 Å². The van der Waals surface area contributed by atoms with Gasteiger partial charge in [0.1, 0.15) is 0 Å². The molecule has 0 aliphatic carbocycles. The molecular weight excluding hydrogens is 392 g/mol. The first-order chi connectivity index (χ1) is 14.1. The summed E-state index contributed by atoms with van der Waals surface area (Å²) in [6.45, 7) is 7.79. The van der Waals surface area contributed by atoms with Crippen molar-refractivity contribution in [2.75, 3.05) is 67.6 Å². The van der Waals surface area contributed by atoms with Gasteiger partial charge in [-0.25, -0.2) is 4.79 Å². The number of ether oxygens (including phenoxy) is 1. The Kier molecular flexibility index (Phi) is 6.01. The molecule has 2 saturated heterocycles. The number of rotatable bonds is 3. The third kappa shape index (κ3) is 4.71. The summed E-state index contributed by atoms with van der Waals surface area (Å²) < 4.78 is 5.41. The molecule has 29 heavy (non-hydrogen) atoms. The van der Waals surface area contributed by atoms with E-state index in [4.69, 9.17) is 16.3 Å². The minimum Gasteiger partial charge on any atom is -0.378 e. The molecule has 0 radical (unpaired) electrons. The number of carbonyl (C=O) groups excluding carboxylic acids is 1. The number of aromatic nitrogens is 2. The van der Waals surface area contributed by atoms with Crippen LogP contribution in [0.15, 0.2) is 30.5 Å². The van der Waals surface area contributed by atoms with Gasteiger partial charge in [-0.2, -0.15) is 5.10 Å². The van der Waals surface area contributed by atoms with Crippen molar-refractivity contribution in [1.82, 2.24) is 15.1 Å². The smallest absolute Gasteiger partial charge is 0.321 e. The molecule has 0 atom stereocenters. The molecule has 0 bridgehead atoms. The summed E-state index contributed by atoms with van der Waals surface area (Å²) in [7, 11) is 0. The van der Waals surface area contributed by atoms with Crippen LogP contribution in [0.2, 0.25) is 5.02 Å². The molecule has 4 rings (SSSR count). The predicted molar refractivity (Wildman–Crippen MR) is 114 cm³/mol. The van der Waals surface area contributed by atoms with E-state index in [9.17, 15) is 4.79 Å². The minimum atomic E-state index is -0.105. The molecule has 1 N–H and O–H groups in total. The number of hydrogen-bond donors (Lipinski definition) is 1. The van der Waals surface area contributed by atoms with Crippen LogP contribution in [0, 0.1) is 6.92 Å². The first-order valence-corrected chi connectivity index (χ1v) is 10.2. The van der Waals surface area contributed by atoms with Crippen molar-refractivity contribution >= 4 is 34.8 Å². The molecule has 9 heteroatoms. The monoisotopic (exact) mass is 416 g/mol. The normalized spacial score (nSPS) is 17.4. The minimum absolute atomic E-state index is 0.105. The van der Waals surface area contributed by atoms with E-state index in [1.807, 2.05) is 24.0 Å². The van der Waals surface area contributed by atoms with Gasteiger partial charge >= 0.3 is 6.03 Å². The standard InChI is InChI=1S/C20H25ClN6O2/c1-15-2-3-16(12-18(15)21)23-20(28)27-6-4-25(5-7-27)17-13-19(24-22-14-17)26-8-10-29-11-9-26/h2-3,12-14H,4-11H2,1H3,(H,23,28). The number of hydrogen-bond acceptors (Lipinski definition) is 6. The number of benzene rings is 1. The van der Waals surface area contributed by atoms with Crippen molar-refractivity contribution in [3.05, 3.63) is 41.0 Å². The molecule has 154 valence electrons. The summed E-state index contributed by atoms with van der Waals surface area (Å²) in [5, 5.41) is 12.0. The summed E-state index contributed by atoms with van der Waals surface area (Å²) in [6, 6.07) is 7.51. The van der Waals surface area contributed by atoms with E-state index in [1.54, 1.807) is 12.3 Å². The highest BCUT2D eigenvalue weighted by Gasteiger charge is 2.23. The van der Waals surface area contributed by atoms with Crippen molar-refractivity contribution in [1.29, 1.82) is 0 Å². The van der Waals surface area contributed by atoms with Crippen LogP contribution in [0.4, 0.5) is 22.0 Å². The van der Waals surface area contributed by atoms with Crippen LogP contribution in [0.25, 0.3) is 0 Å². The van der Waals surface area contributed by atoms with Gasteiger partial charge in [0.2, 0.25) is 0 Å². The second-order valence-corrected chi connectivity index (χ2v) is 7.65. The van der Waals surface area contributed by atoms with E-state index in [0.29, 0.717) is 37.0 Å².